The lowest BCUT2D eigenvalue weighted by Crippen LogP contribution is -2.29. The monoisotopic (exact) mass is 429 g/mol. The highest BCUT2D eigenvalue weighted by molar-refractivity contribution is 6.31. The molecule has 1 aromatic heterocycles. The zero-order chi connectivity index (χ0) is 21.7. The highest BCUT2D eigenvalue weighted by atomic mass is 35.5. The fraction of sp³-hybridized carbons (Fsp3) is 0.154. The SMILES string of the molecule is CC(C)c1ccc(C2c3c(oc4ccc(Cl)cc4c3=O)C(=O)N2c2ccccc2)cc1. The molecule has 0 saturated heterocycles. The Bertz CT molecular complexity index is 1360. The van der Waals surface area contributed by atoms with Gasteiger partial charge in [0, 0.05) is 10.7 Å². The molecule has 31 heavy (non-hydrogen) atoms. The predicted octanol–water partition coefficient (Wildman–Crippen LogP) is 6.32. The van der Waals surface area contributed by atoms with Crippen molar-refractivity contribution in [3.8, 4) is 0 Å². The molecule has 0 spiro atoms. The van der Waals surface area contributed by atoms with Crippen molar-refractivity contribution in [1.82, 2.24) is 0 Å². The molecule has 4 nitrogen and oxygen atoms in total. The van der Waals surface area contributed by atoms with Gasteiger partial charge in [0.25, 0.3) is 5.91 Å². The molecule has 0 fully saturated rings. The normalized spacial score (nSPS) is 15.7. The number of amides is 1. The highest BCUT2D eigenvalue weighted by Gasteiger charge is 2.43. The molecular formula is C26H20ClNO3. The third-order valence-electron chi connectivity index (χ3n) is 5.79. The van der Waals surface area contributed by atoms with Gasteiger partial charge in [0.05, 0.1) is 17.0 Å². The van der Waals surface area contributed by atoms with Crippen LogP contribution in [0.5, 0.6) is 0 Å². The van der Waals surface area contributed by atoms with Gasteiger partial charge in [0.15, 0.2) is 5.43 Å². The standard InChI is InChI=1S/C26H20ClNO3/c1-15(2)16-8-10-17(11-9-16)23-22-24(29)20-14-18(27)12-13-21(20)31-25(22)26(30)28(23)19-6-4-3-5-7-19/h3-15,23H,1-2H3. The van der Waals surface area contributed by atoms with Crippen LogP contribution in [-0.2, 0) is 0 Å². The van der Waals surface area contributed by atoms with Crippen molar-refractivity contribution in [3.05, 3.63) is 110 Å². The molecule has 0 saturated carbocycles. The van der Waals surface area contributed by atoms with E-state index in [1.807, 2.05) is 54.6 Å². The Morgan fingerprint density at radius 3 is 2.32 bits per heavy atom. The number of hydrogen-bond acceptors (Lipinski definition) is 3. The van der Waals surface area contributed by atoms with Gasteiger partial charge >= 0.3 is 0 Å². The maximum Gasteiger partial charge on any atom is 0.295 e. The van der Waals surface area contributed by atoms with E-state index in [0.717, 1.165) is 5.56 Å². The topological polar surface area (TPSA) is 50.5 Å². The van der Waals surface area contributed by atoms with E-state index in [1.165, 1.54) is 5.56 Å². The van der Waals surface area contributed by atoms with Crippen LogP contribution < -0.4 is 10.3 Å². The van der Waals surface area contributed by atoms with E-state index in [9.17, 15) is 9.59 Å². The van der Waals surface area contributed by atoms with Crippen LogP contribution in [0.3, 0.4) is 0 Å². The molecule has 5 rings (SSSR count). The number of para-hydroxylation sites is 1. The molecule has 1 aliphatic rings. The molecule has 5 heteroatoms. The quantitative estimate of drug-likeness (QED) is 0.383. The first-order valence-electron chi connectivity index (χ1n) is 10.2. The van der Waals surface area contributed by atoms with E-state index < -0.39 is 6.04 Å². The van der Waals surface area contributed by atoms with Gasteiger partial charge in [-0.05, 0) is 47.4 Å². The molecule has 0 N–H and O–H groups in total. The van der Waals surface area contributed by atoms with Crippen molar-refractivity contribution in [2.75, 3.05) is 4.90 Å². The van der Waals surface area contributed by atoms with Crippen LogP contribution in [0, 0.1) is 0 Å². The number of nitrogens with zero attached hydrogens (tertiary/aromatic N) is 1. The van der Waals surface area contributed by atoms with Gasteiger partial charge in [-0.2, -0.15) is 0 Å². The van der Waals surface area contributed by atoms with Gasteiger partial charge in [0.1, 0.15) is 5.58 Å². The lowest BCUT2D eigenvalue weighted by molar-refractivity contribution is 0.0971. The Balaban J connectivity index is 1.78. The Kier molecular flexibility index (Phi) is 4.67. The minimum Gasteiger partial charge on any atom is -0.450 e. The molecule has 1 unspecified atom stereocenters. The van der Waals surface area contributed by atoms with E-state index >= 15 is 0 Å². The van der Waals surface area contributed by atoms with Crippen LogP contribution in [0.15, 0.2) is 82.0 Å². The summed E-state index contributed by atoms with van der Waals surface area (Å²) < 4.78 is 5.97. The number of anilines is 1. The van der Waals surface area contributed by atoms with Crippen LogP contribution in [0.4, 0.5) is 5.69 Å². The van der Waals surface area contributed by atoms with Crippen molar-refractivity contribution in [1.29, 1.82) is 0 Å². The van der Waals surface area contributed by atoms with Gasteiger partial charge < -0.3 is 4.42 Å². The van der Waals surface area contributed by atoms with Crippen LogP contribution in [0.2, 0.25) is 5.02 Å². The number of rotatable bonds is 3. The summed E-state index contributed by atoms with van der Waals surface area (Å²) >= 11 is 6.14. The molecular weight excluding hydrogens is 410 g/mol. The second-order valence-electron chi connectivity index (χ2n) is 8.05. The molecule has 4 aromatic rings. The minimum atomic E-state index is -0.578. The first kappa shape index (κ1) is 19.6. The first-order valence-corrected chi connectivity index (χ1v) is 10.6. The summed E-state index contributed by atoms with van der Waals surface area (Å²) in [4.78, 5) is 28.7. The number of carbonyl (C=O) groups excluding carboxylic acids is 1. The maximum absolute atomic E-state index is 13.6. The molecule has 1 aliphatic heterocycles. The van der Waals surface area contributed by atoms with E-state index in [-0.39, 0.29) is 17.1 Å². The van der Waals surface area contributed by atoms with Crippen molar-refractivity contribution in [3.63, 3.8) is 0 Å². The van der Waals surface area contributed by atoms with Crippen LogP contribution in [0.25, 0.3) is 11.0 Å². The zero-order valence-electron chi connectivity index (χ0n) is 17.1. The molecule has 0 bridgehead atoms. The molecule has 1 atom stereocenters. The summed E-state index contributed by atoms with van der Waals surface area (Å²) in [5.74, 6) is 0.141. The highest BCUT2D eigenvalue weighted by Crippen LogP contribution is 2.41. The predicted molar refractivity (Wildman–Crippen MR) is 123 cm³/mol. The number of fused-ring (bicyclic) bond motifs is 2. The summed E-state index contributed by atoms with van der Waals surface area (Å²) in [5.41, 5.74) is 3.22. The molecule has 0 radical (unpaired) electrons. The molecule has 2 heterocycles. The number of carbonyl (C=O) groups is 1. The Morgan fingerprint density at radius 2 is 1.65 bits per heavy atom. The van der Waals surface area contributed by atoms with E-state index in [4.69, 9.17) is 16.0 Å². The van der Waals surface area contributed by atoms with Crippen molar-refractivity contribution >= 4 is 34.2 Å². The van der Waals surface area contributed by atoms with Crippen LogP contribution >= 0.6 is 11.6 Å². The summed E-state index contributed by atoms with van der Waals surface area (Å²) in [5, 5.41) is 0.819. The van der Waals surface area contributed by atoms with E-state index in [2.05, 4.69) is 13.8 Å². The van der Waals surface area contributed by atoms with Crippen molar-refractivity contribution in [2.45, 2.75) is 25.8 Å². The summed E-state index contributed by atoms with van der Waals surface area (Å²) in [6, 6.07) is 21.7. The number of benzene rings is 3. The van der Waals surface area contributed by atoms with Gasteiger partial charge in [-0.1, -0.05) is 67.9 Å². The molecule has 154 valence electrons. The molecule has 1 amide bonds. The average molecular weight is 430 g/mol. The van der Waals surface area contributed by atoms with Gasteiger partial charge in [-0.3, -0.25) is 14.5 Å². The van der Waals surface area contributed by atoms with E-state index in [0.29, 0.717) is 33.2 Å². The van der Waals surface area contributed by atoms with Crippen LogP contribution in [0.1, 0.15) is 53.1 Å². The maximum atomic E-state index is 13.6. The van der Waals surface area contributed by atoms with Gasteiger partial charge in [-0.25, -0.2) is 0 Å². The fourth-order valence-corrected chi connectivity index (χ4v) is 4.35. The van der Waals surface area contributed by atoms with E-state index in [1.54, 1.807) is 23.1 Å². The van der Waals surface area contributed by atoms with Crippen LogP contribution in [-0.4, -0.2) is 5.91 Å². The molecule has 0 aliphatic carbocycles. The Labute approximate surface area is 184 Å². The lowest BCUT2D eigenvalue weighted by Gasteiger charge is -2.25. The largest absolute Gasteiger partial charge is 0.450 e. The van der Waals surface area contributed by atoms with Crippen molar-refractivity contribution < 1.29 is 9.21 Å². The third-order valence-corrected chi connectivity index (χ3v) is 6.02. The first-order chi connectivity index (χ1) is 15.0. The molecule has 3 aromatic carbocycles. The zero-order valence-corrected chi connectivity index (χ0v) is 17.9. The van der Waals surface area contributed by atoms with Gasteiger partial charge in [0.2, 0.25) is 5.76 Å². The number of hydrogen-bond donors (Lipinski definition) is 0. The van der Waals surface area contributed by atoms with Gasteiger partial charge in [-0.15, -0.1) is 0 Å². The Morgan fingerprint density at radius 1 is 0.935 bits per heavy atom. The third kappa shape index (κ3) is 3.15. The lowest BCUT2D eigenvalue weighted by atomic mass is 9.95. The second kappa shape index (κ2) is 7.40. The number of halogens is 1. The smallest absolute Gasteiger partial charge is 0.295 e. The fourth-order valence-electron chi connectivity index (χ4n) is 4.18. The average Bonchev–Trinajstić information content (AvgIpc) is 3.07. The van der Waals surface area contributed by atoms with Crippen molar-refractivity contribution in [2.24, 2.45) is 0 Å². The summed E-state index contributed by atoms with van der Waals surface area (Å²) in [6.07, 6.45) is 0. The minimum absolute atomic E-state index is 0.0848. The summed E-state index contributed by atoms with van der Waals surface area (Å²) in [6.45, 7) is 4.26. The second-order valence-corrected chi connectivity index (χ2v) is 8.49. The Hall–Kier alpha value is -3.37. The summed E-state index contributed by atoms with van der Waals surface area (Å²) in [7, 11) is 0.